The molecule has 230 valence electrons. The van der Waals surface area contributed by atoms with Crippen molar-refractivity contribution in [2.45, 2.75) is 110 Å². The predicted molar refractivity (Wildman–Crippen MR) is 150 cm³/mol. The van der Waals surface area contributed by atoms with Crippen molar-refractivity contribution >= 4 is 35.5 Å². The van der Waals surface area contributed by atoms with Crippen molar-refractivity contribution in [2.24, 2.45) is 28.9 Å². The van der Waals surface area contributed by atoms with Gasteiger partial charge in [0.25, 0.3) is 5.91 Å². The fourth-order valence-corrected chi connectivity index (χ4v) is 6.50. The van der Waals surface area contributed by atoms with Crippen molar-refractivity contribution in [1.82, 2.24) is 20.9 Å². The lowest BCUT2D eigenvalue weighted by Gasteiger charge is -2.37. The predicted octanol–water partition coefficient (Wildman–Crippen LogP) is 1.40. The van der Waals surface area contributed by atoms with E-state index in [4.69, 9.17) is 10.5 Å². The van der Waals surface area contributed by atoms with Gasteiger partial charge in [-0.2, -0.15) is 0 Å². The zero-order valence-corrected chi connectivity index (χ0v) is 25.2. The van der Waals surface area contributed by atoms with E-state index in [9.17, 15) is 28.8 Å². The minimum absolute atomic E-state index is 0.0826. The summed E-state index contributed by atoms with van der Waals surface area (Å²) in [5.41, 5.74) is 4.14. The fraction of sp³-hybridized carbons (Fsp3) is 0.793. The average Bonchev–Trinajstić information content (AvgIpc) is 3.21. The molecular formula is C29H47N5O7. The average molecular weight is 578 g/mol. The highest BCUT2D eigenvalue weighted by Crippen LogP contribution is 2.65. The molecule has 12 heteroatoms. The summed E-state index contributed by atoms with van der Waals surface area (Å²) in [6.45, 7) is 11.0. The Morgan fingerprint density at radius 3 is 2.22 bits per heavy atom. The number of carbonyl (C=O) groups is 6. The molecule has 0 spiro atoms. The molecule has 12 nitrogen and oxygen atoms in total. The summed E-state index contributed by atoms with van der Waals surface area (Å²) in [4.78, 5) is 78.5. The van der Waals surface area contributed by atoms with Crippen molar-refractivity contribution in [2.75, 3.05) is 13.1 Å². The van der Waals surface area contributed by atoms with E-state index in [-0.39, 0.29) is 35.5 Å². The van der Waals surface area contributed by atoms with Gasteiger partial charge >= 0.3 is 6.09 Å². The Labute approximate surface area is 242 Å². The first kappa shape index (κ1) is 32.3. The Morgan fingerprint density at radius 2 is 1.66 bits per heavy atom. The number of primary amides is 1. The highest BCUT2D eigenvalue weighted by atomic mass is 16.6. The first-order valence-electron chi connectivity index (χ1n) is 14.8. The zero-order chi connectivity index (χ0) is 30.7. The van der Waals surface area contributed by atoms with Crippen LogP contribution in [0, 0.1) is 23.2 Å². The van der Waals surface area contributed by atoms with E-state index in [1.165, 1.54) is 0 Å². The van der Waals surface area contributed by atoms with Gasteiger partial charge < -0.3 is 31.3 Å². The van der Waals surface area contributed by atoms with Crippen molar-refractivity contribution < 1.29 is 33.5 Å². The van der Waals surface area contributed by atoms with Crippen LogP contribution in [0.5, 0.6) is 0 Å². The van der Waals surface area contributed by atoms with Gasteiger partial charge in [0.2, 0.25) is 23.5 Å². The largest absolute Gasteiger partial charge is 0.444 e. The summed E-state index contributed by atoms with van der Waals surface area (Å²) >= 11 is 0. The minimum atomic E-state index is -1.12. The molecule has 0 aromatic heterocycles. The molecule has 1 saturated heterocycles. The molecule has 3 rings (SSSR count). The molecule has 0 aromatic carbocycles. The van der Waals surface area contributed by atoms with Crippen LogP contribution in [-0.2, 0) is 28.7 Å². The third-order valence-electron chi connectivity index (χ3n) is 8.68. The van der Waals surface area contributed by atoms with E-state index in [2.05, 4.69) is 16.0 Å². The Balaban J connectivity index is 1.83. The monoisotopic (exact) mass is 577 g/mol. The Hall–Kier alpha value is -3.18. The normalized spacial score (nSPS) is 24.8. The number of nitrogens with zero attached hydrogens (tertiary/aromatic N) is 1. The van der Waals surface area contributed by atoms with Gasteiger partial charge in [0.1, 0.15) is 17.7 Å². The van der Waals surface area contributed by atoms with Crippen LogP contribution in [0.3, 0.4) is 0 Å². The van der Waals surface area contributed by atoms with Crippen molar-refractivity contribution in [1.29, 1.82) is 0 Å². The van der Waals surface area contributed by atoms with Crippen LogP contribution < -0.4 is 21.7 Å². The molecule has 0 bridgehead atoms. The number of alkyl carbamates (subject to hydrolysis) is 1. The number of fused-ring (bicyclic) bond motifs is 1. The fourth-order valence-electron chi connectivity index (χ4n) is 6.50. The maximum Gasteiger partial charge on any atom is 0.408 e. The van der Waals surface area contributed by atoms with Crippen LogP contribution in [0.25, 0.3) is 0 Å². The number of Topliss-reactive ketones (excluding diaryl/α,β-unsaturated/α-hetero) is 1. The molecule has 0 radical (unpaired) electrons. The van der Waals surface area contributed by atoms with Crippen LogP contribution in [-0.4, -0.2) is 77.2 Å². The summed E-state index contributed by atoms with van der Waals surface area (Å²) in [5, 5.41) is 7.72. The number of nitrogens with two attached hydrogens (primary N) is 1. The molecule has 2 aliphatic carbocycles. The second kappa shape index (κ2) is 12.8. The second-order valence-electron chi connectivity index (χ2n) is 13.3. The van der Waals surface area contributed by atoms with Crippen LogP contribution in [0.15, 0.2) is 0 Å². The molecular weight excluding hydrogens is 530 g/mol. The van der Waals surface area contributed by atoms with E-state index in [1.807, 2.05) is 20.8 Å². The number of likely N-dealkylation sites (tertiary alicyclic amines) is 1. The first-order valence-corrected chi connectivity index (χ1v) is 14.8. The Bertz CT molecular complexity index is 1050. The number of ketones is 1. The lowest BCUT2D eigenvalue weighted by Crippen LogP contribution is -2.60. The van der Waals surface area contributed by atoms with Gasteiger partial charge in [-0.3, -0.25) is 24.0 Å². The standard InChI is InChI=1S/C29H47N5O7/c1-7-11-18(23(36)25(38)31-14-19(30)35)32-24(37)22-20-17(29(20,5)6)15-34(22)26(39)21(16-12-9-8-10-13-16)33-27(40)41-28(2,3)4/h16-18,20-22H,7-15H2,1-6H3,(H2,30,35)(H,31,38)(H,32,37)(H,33,40)/t17?,18-,20?,21?,22?/m0/s1. The van der Waals surface area contributed by atoms with Gasteiger partial charge in [0.15, 0.2) is 0 Å². The summed E-state index contributed by atoms with van der Waals surface area (Å²) in [7, 11) is 0. The van der Waals surface area contributed by atoms with Crippen molar-refractivity contribution in [3.63, 3.8) is 0 Å². The number of amides is 5. The second-order valence-corrected chi connectivity index (χ2v) is 13.3. The Kier molecular flexibility index (Phi) is 10.1. The topological polar surface area (TPSA) is 177 Å². The molecule has 1 heterocycles. The molecule has 0 aromatic rings. The highest BCUT2D eigenvalue weighted by Gasteiger charge is 2.69. The summed E-state index contributed by atoms with van der Waals surface area (Å²) in [6, 6.07) is -2.81. The van der Waals surface area contributed by atoms with Gasteiger partial charge in [-0.15, -0.1) is 0 Å². The van der Waals surface area contributed by atoms with E-state index < -0.39 is 59.9 Å². The number of carbonyl (C=O) groups excluding carboxylic acids is 6. The molecule has 5 atom stereocenters. The van der Waals surface area contributed by atoms with Crippen LogP contribution in [0.2, 0.25) is 0 Å². The minimum Gasteiger partial charge on any atom is -0.444 e. The number of hydrogen-bond acceptors (Lipinski definition) is 7. The van der Waals surface area contributed by atoms with Gasteiger partial charge in [0, 0.05) is 6.54 Å². The first-order chi connectivity index (χ1) is 19.1. The molecule has 1 aliphatic heterocycles. The molecule has 3 fully saturated rings. The van der Waals surface area contributed by atoms with E-state index in [1.54, 1.807) is 25.7 Å². The van der Waals surface area contributed by atoms with E-state index in [0.29, 0.717) is 13.0 Å². The lowest BCUT2D eigenvalue weighted by atomic mass is 9.83. The van der Waals surface area contributed by atoms with Gasteiger partial charge in [-0.05, 0) is 63.2 Å². The third-order valence-corrected chi connectivity index (χ3v) is 8.68. The van der Waals surface area contributed by atoms with Crippen molar-refractivity contribution in [3.05, 3.63) is 0 Å². The molecule has 2 saturated carbocycles. The highest BCUT2D eigenvalue weighted by molar-refractivity contribution is 6.38. The maximum absolute atomic E-state index is 14.1. The number of rotatable bonds is 11. The van der Waals surface area contributed by atoms with Crippen LogP contribution in [0.1, 0.15) is 86.5 Å². The van der Waals surface area contributed by atoms with Crippen LogP contribution >= 0.6 is 0 Å². The number of hydrogen-bond donors (Lipinski definition) is 4. The van der Waals surface area contributed by atoms with Gasteiger partial charge in [-0.1, -0.05) is 46.5 Å². The molecule has 5 amide bonds. The summed E-state index contributed by atoms with van der Waals surface area (Å²) in [5.74, 6) is -3.64. The quantitative estimate of drug-likeness (QED) is 0.268. The molecule has 41 heavy (non-hydrogen) atoms. The third kappa shape index (κ3) is 7.77. The number of ether oxygens (including phenoxy) is 1. The van der Waals surface area contributed by atoms with Gasteiger partial charge in [0.05, 0.1) is 12.6 Å². The smallest absolute Gasteiger partial charge is 0.408 e. The summed E-state index contributed by atoms with van der Waals surface area (Å²) in [6.07, 6.45) is 4.56. The SMILES string of the molecule is CCC[C@H](NC(=O)C1C2C(CN1C(=O)C(NC(=O)OC(C)(C)C)C1CCCCC1)C2(C)C)C(=O)C(=O)NCC(N)=O. The maximum atomic E-state index is 14.1. The van der Waals surface area contributed by atoms with E-state index >= 15 is 0 Å². The number of nitrogens with one attached hydrogen (secondary N) is 3. The number of piperidine rings is 1. The molecule has 4 unspecified atom stereocenters. The van der Waals surface area contributed by atoms with Gasteiger partial charge in [-0.25, -0.2) is 4.79 Å². The summed E-state index contributed by atoms with van der Waals surface area (Å²) < 4.78 is 5.47. The molecule has 3 aliphatic rings. The lowest BCUT2D eigenvalue weighted by molar-refractivity contribution is -0.145. The van der Waals surface area contributed by atoms with Crippen LogP contribution in [0.4, 0.5) is 4.79 Å². The zero-order valence-electron chi connectivity index (χ0n) is 25.2. The Morgan fingerprint density at radius 1 is 1.02 bits per heavy atom. The molecule has 5 N–H and O–H groups in total. The van der Waals surface area contributed by atoms with E-state index in [0.717, 1.165) is 32.1 Å². The van der Waals surface area contributed by atoms with Crippen molar-refractivity contribution in [3.8, 4) is 0 Å².